The van der Waals surface area contributed by atoms with E-state index in [1.807, 2.05) is 24.3 Å². The fourth-order valence-corrected chi connectivity index (χ4v) is 3.20. The van der Waals surface area contributed by atoms with Gasteiger partial charge in [-0.3, -0.25) is 4.79 Å². The summed E-state index contributed by atoms with van der Waals surface area (Å²) in [6.45, 7) is 0. The quantitative estimate of drug-likeness (QED) is 0.807. The Morgan fingerprint density at radius 1 is 1.30 bits per heavy atom. The van der Waals surface area contributed by atoms with Crippen LogP contribution in [0.5, 0.6) is 0 Å². The molecule has 1 amide bonds. The molecule has 0 spiro atoms. The largest absolute Gasteiger partial charge is 0.356 e. The molecule has 1 aromatic heterocycles. The first-order valence-electron chi connectivity index (χ1n) is 7.62. The monoisotopic (exact) mass is 310 g/mol. The van der Waals surface area contributed by atoms with Gasteiger partial charge in [-0.2, -0.15) is 0 Å². The number of rotatable bonds is 3. The van der Waals surface area contributed by atoms with Gasteiger partial charge in [0, 0.05) is 5.39 Å². The number of nitrogens with zero attached hydrogens (tertiary/aromatic N) is 1. The Morgan fingerprint density at radius 3 is 3.09 bits per heavy atom. The van der Waals surface area contributed by atoms with Gasteiger partial charge < -0.3 is 9.84 Å². The minimum absolute atomic E-state index is 0.0590. The standard InChI is InChI=1S/C18H15FN2O2/c19-12-6-7-13-11(9-12)5-8-15(13)20-18(22)10-16-14-3-1-2-4-17(14)23-21-16/h1-4,6-7,9,15H,5,8,10H2,(H,20,22)/t15-/m1/s1. The van der Waals surface area contributed by atoms with Crippen LogP contribution >= 0.6 is 0 Å². The first-order valence-corrected chi connectivity index (χ1v) is 7.62. The van der Waals surface area contributed by atoms with E-state index in [0.717, 1.165) is 29.4 Å². The average molecular weight is 310 g/mol. The van der Waals surface area contributed by atoms with Crippen LogP contribution in [-0.2, 0) is 17.6 Å². The molecule has 4 nitrogen and oxygen atoms in total. The van der Waals surface area contributed by atoms with E-state index in [1.54, 1.807) is 12.1 Å². The lowest BCUT2D eigenvalue weighted by Crippen LogP contribution is -2.28. The number of amides is 1. The summed E-state index contributed by atoms with van der Waals surface area (Å²) in [5, 5.41) is 7.85. The van der Waals surface area contributed by atoms with Gasteiger partial charge in [-0.15, -0.1) is 0 Å². The predicted octanol–water partition coefficient (Wildman–Crippen LogP) is 3.31. The van der Waals surface area contributed by atoms with E-state index in [9.17, 15) is 9.18 Å². The lowest BCUT2D eigenvalue weighted by atomic mass is 10.1. The average Bonchev–Trinajstić information content (AvgIpc) is 3.12. The van der Waals surface area contributed by atoms with Crippen molar-refractivity contribution in [1.82, 2.24) is 10.5 Å². The van der Waals surface area contributed by atoms with Crippen molar-refractivity contribution < 1.29 is 13.7 Å². The lowest BCUT2D eigenvalue weighted by Gasteiger charge is -2.13. The van der Waals surface area contributed by atoms with Crippen molar-refractivity contribution in [2.75, 3.05) is 0 Å². The molecule has 1 atom stereocenters. The van der Waals surface area contributed by atoms with Gasteiger partial charge in [0.25, 0.3) is 0 Å². The van der Waals surface area contributed by atoms with Gasteiger partial charge in [0.05, 0.1) is 12.5 Å². The maximum absolute atomic E-state index is 13.2. The third-order valence-corrected chi connectivity index (χ3v) is 4.30. The smallest absolute Gasteiger partial charge is 0.226 e. The zero-order valence-electron chi connectivity index (χ0n) is 12.4. The molecule has 23 heavy (non-hydrogen) atoms. The number of hydrogen-bond donors (Lipinski definition) is 1. The number of benzene rings is 2. The molecule has 4 rings (SSSR count). The summed E-state index contributed by atoms with van der Waals surface area (Å²) in [6, 6.07) is 12.2. The van der Waals surface area contributed by atoms with Crippen molar-refractivity contribution >= 4 is 16.9 Å². The Kier molecular flexibility index (Phi) is 3.33. The highest BCUT2D eigenvalue weighted by Crippen LogP contribution is 2.31. The van der Waals surface area contributed by atoms with Gasteiger partial charge in [-0.1, -0.05) is 23.4 Å². The van der Waals surface area contributed by atoms with Gasteiger partial charge in [-0.05, 0) is 48.2 Å². The molecule has 1 N–H and O–H groups in total. The molecule has 2 aromatic carbocycles. The first-order chi connectivity index (χ1) is 11.2. The Bertz CT molecular complexity index is 888. The fraction of sp³-hybridized carbons (Fsp3) is 0.222. The molecule has 0 bridgehead atoms. The molecule has 0 fully saturated rings. The SMILES string of the molecule is O=C(Cc1noc2ccccc12)N[C@@H]1CCc2cc(F)ccc21. The number of carbonyl (C=O) groups is 1. The molecule has 1 heterocycles. The molecular formula is C18H15FN2O2. The van der Waals surface area contributed by atoms with Gasteiger partial charge >= 0.3 is 0 Å². The number of carbonyl (C=O) groups excluding carboxylic acids is 1. The highest BCUT2D eigenvalue weighted by atomic mass is 19.1. The van der Waals surface area contributed by atoms with Crippen molar-refractivity contribution in [1.29, 1.82) is 0 Å². The topological polar surface area (TPSA) is 55.1 Å². The molecule has 0 aliphatic heterocycles. The van der Waals surface area contributed by atoms with Crippen LogP contribution in [0, 0.1) is 5.82 Å². The number of fused-ring (bicyclic) bond motifs is 2. The molecule has 3 aromatic rings. The van der Waals surface area contributed by atoms with Crippen LogP contribution in [0.4, 0.5) is 4.39 Å². The van der Waals surface area contributed by atoms with Crippen molar-refractivity contribution in [2.45, 2.75) is 25.3 Å². The van der Waals surface area contributed by atoms with Crippen LogP contribution < -0.4 is 5.32 Å². The third kappa shape index (κ3) is 2.59. The molecule has 0 saturated carbocycles. The van der Waals surface area contributed by atoms with Crippen molar-refractivity contribution in [3.05, 3.63) is 65.1 Å². The summed E-state index contributed by atoms with van der Waals surface area (Å²) < 4.78 is 18.5. The van der Waals surface area contributed by atoms with E-state index < -0.39 is 0 Å². The highest BCUT2D eigenvalue weighted by molar-refractivity contribution is 5.86. The maximum atomic E-state index is 13.2. The molecule has 5 heteroatoms. The van der Waals surface area contributed by atoms with E-state index in [0.29, 0.717) is 11.3 Å². The van der Waals surface area contributed by atoms with Crippen LogP contribution in [0.25, 0.3) is 11.0 Å². The summed E-state index contributed by atoms with van der Waals surface area (Å²) in [5.41, 5.74) is 3.29. The molecule has 0 radical (unpaired) electrons. The second-order valence-electron chi connectivity index (χ2n) is 5.80. The summed E-state index contributed by atoms with van der Waals surface area (Å²) in [4.78, 5) is 12.3. The highest BCUT2D eigenvalue weighted by Gasteiger charge is 2.24. The second-order valence-corrected chi connectivity index (χ2v) is 5.80. The van der Waals surface area contributed by atoms with Crippen molar-refractivity contribution in [2.24, 2.45) is 0 Å². The first kappa shape index (κ1) is 13.9. The number of halogens is 1. The predicted molar refractivity (Wildman–Crippen MR) is 83.3 cm³/mol. The summed E-state index contributed by atoms with van der Waals surface area (Å²) in [5.74, 6) is -0.337. The summed E-state index contributed by atoms with van der Waals surface area (Å²) in [7, 11) is 0. The van der Waals surface area contributed by atoms with Crippen LogP contribution in [0.1, 0.15) is 29.3 Å². The van der Waals surface area contributed by atoms with E-state index in [1.165, 1.54) is 6.07 Å². The van der Waals surface area contributed by atoms with E-state index in [2.05, 4.69) is 10.5 Å². The molecule has 0 saturated heterocycles. The van der Waals surface area contributed by atoms with Gasteiger partial charge in [0.2, 0.25) is 5.91 Å². The Hall–Kier alpha value is -2.69. The fourth-order valence-electron chi connectivity index (χ4n) is 3.20. The minimum Gasteiger partial charge on any atom is -0.356 e. The Morgan fingerprint density at radius 2 is 2.17 bits per heavy atom. The molecule has 1 aliphatic rings. The number of aryl methyl sites for hydroxylation is 1. The lowest BCUT2D eigenvalue weighted by molar-refractivity contribution is -0.121. The van der Waals surface area contributed by atoms with Crippen LogP contribution in [0.2, 0.25) is 0 Å². The molecule has 116 valence electrons. The van der Waals surface area contributed by atoms with Crippen LogP contribution in [0.15, 0.2) is 47.0 Å². The molecular weight excluding hydrogens is 295 g/mol. The Labute approximate surface area is 132 Å². The number of nitrogens with one attached hydrogen (secondary N) is 1. The minimum atomic E-state index is -0.232. The number of hydrogen-bond acceptors (Lipinski definition) is 3. The van der Waals surface area contributed by atoms with E-state index in [4.69, 9.17) is 4.52 Å². The molecule has 0 unspecified atom stereocenters. The summed E-state index contributed by atoms with van der Waals surface area (Å²) in [6.07, 6.45) is 1.75. The van der Waals surface area contributed by atoms with Crippen LogP contribution in [-0.4, -0.2) is 11.1 Å². The number of para-hydroxylation sites is 1. The van der Waals surface area contributed by atoms with E-state index >= 15 is 0 Å². The van der Waals surface area contributed by atoms with E-state index in [-0.39, 0.29) is 24.2 Å². The molecule has 1 aliphatic carbocycles. The maximum Gasteiger partial charge on any atom is 0.226 e. The van der Waals surface area contributed by atoms with Crippen molar-refractivity contribution in [3.8, 4) is 0 Å². The Balaban J connectivity index is 1.49. The zero-order chi connectivity index (χ0) is 15.8. The normalized spacial score (nSPS) is 16.5. The van der Waals surface area contributed by atoms with Gasteiger partial charge in [-0.25, -0.2) is 4.39 Å². The number of aromatic nitrogens is 1. The van der Waals surface area contributed by atoms with Gasteiger partial charge in [0.15, 0.2) is 5.58 Å². The second kappa shape index (κ2) is 5.50. The van der Waals surface area contributed by atoms with Gasteiger partial charge in [0.1, 0.15) is 11.5 Å². The van der Waals surface area contributed by atoms with Crippen molar-refractivity contribution in [3.63, 3.8) is 0 Å². The zero-order valence-corrected chi connectivity index (χ0v) is 12.4. The third-order valence-electron chi connectivity index (χ3n) is 4.30. The summed E-state index contributed by atoms with van der Waals surface area (Å²) >= 11 is 0. The van der Waals surface area contributed by atoms with Crippen LogP contribution in [0.3, 0.4) is 0 Å².